The number of urea groups is 1. The predicted molar refractivity (Wildman–Crippen MR) is 72.8 cm³/mol. The highest BCUT2D eigenvalue weighted by Gasteiger charge is 2.37. The Labute approximate surface area is 123 Å². The first-order valence-electron chi connectivity index (χ1n) is 7.22. The van der Waals surface area contributed by atoms with Gasteiger partial charge in [-0.3, -0.25) is 4.79 Å². The number of aliphatic carboxylic acids is 1. The number of carboxylic acid groups (broad SMARTS) is 1. The molecular formula is C13H21N3O5. The minimum absolute atomic E-state index is 0.118. The lowest BCUT2D eigenvalue weighted by molar-refractivity contribution is -0.155. The molecule has 0 aromatic rings. The van der Waals surface area contributed by atoms with Gasteiger partial charge in [0.1, 0.15) is 6.10 Å². The van der Waals surface area contributed by atoms with Crippen molar-refractivity contribution < 1.29 is 24.2 Å². The molecule has 0 radical (unpaired) electrons. The fourth-order valence-electron chi connectivity index (χ4n) is 2.60. The molecule has 2 rings (SSSR count). The van der Waals surface area contributed by atoms with E-state index in [1.807, 2.05) is 6.92 Å². The number of hydrogen-bond donors (Lipinski definition) is 2. The van der Waals surface area contributed by atoms with Gasteiger partial charge in [0, 0.05) is 32.7 Å². The summed E-state index contributed by atoms with van der Waals surface area (Å²) >= 11 is 0. The van der Waals surface area contributed by atoms with Gasteiger partial charge in [-0.1, -0.05) is 0 Å². The molecule has 8 nitrogen and oxygen atoms in total. The van der Waals surface area contributed by atoms with Crippen molar-refractivity contribution in [2.45, 2.75) is 32.0 Å². The van der Waals surface area contributed by atoms with Gasteiger partial charge in [0.25, 0.3) is 5.91 Å². The summed E-state index contributed by atoms with van der Waals surface area (Å²) in [5.41, 5.74) is 0. The summed E-state index contributed by atoms with van der Waals surface area (Å²) in [6, 6.07) is -0.118. The molecule has 2 heterocycles. The molecule has 118 valence electrons. The summed E-state index contributed by atoms with van der Waals surface area (Å²) in [5.74, 6) is -1.19. The molecule has 2 atom stereocenters. The van der Waals surface area contributed by atoms with Crippen LogP contribution in [0, 0.1) is 0 Å². The van der Waals surface area contributed by atoms with E-state index in [9.17, 15) is 14.4 Å². The van der Waals surface area contributed by atoms with Gasteiger partial charge in [-0.2, -0.15) is 0 Å². The Hall–Kier alpha value is -1.83. The number of rotatable bonds is 3. The van der Waals surface area contributed by atoms with Crippen molar-refractivity contribution in [3.8, 4) is 0 Å². The third-order valence-corrected chi connectivity index (χ3v) is 3.78. The van der Waals surface area contributed by atoms with E-state index in [1.54, 1.807) is 9.80 Å². The number of carbonyl (C=O) groups excluding carboxylic acids is 2. The Morgan fingerprint density at radius 2 is 1.67 bits per heavy atom. The van der Waals surface area contributed by atoms with Gasteiger partial charge in [0.15, 0.2) is 6.10 Å². The molecule has 2 aliphatic heterocycles. The summed E-state index contributed by atoms with van der Waals surface area (Å²) in [5, 5.41) is 11.6. The first kappa shape index (κ1) is 15.6. The lowest BCUT2D eigenvalue weighted by Crippen LogP contribution is -2.54. The molecule has 8 heteroatoms. The highest BCUT2D eigenvalue weighted by Crippen LogP contribution is 2.22. The van der Waals surface area contributed by atoms with Crippen LogP contribution in [0.2, 0.25) is 0 Å². The van der Waals surface area contributed by atoms with Crippen LogP contribution in [0.5, 0.6) is 0 Å². The van der Waals surface area contributed by atoms with Crippen LogP contribution in [0.1, 0.15) is 19.8 Å². The normalized spacial score (nSPS) is 25.8. The number of carbonyl (C=O) groups is 3. The Morgan fingerprint density at radius 1 is 1.10 bits per heavy atom. The highest BCUT2D eigenvalue weighted by atomic mass is 16.5. The number of nitrogens with zero attached hydrogens (tertiary/aromatic N) is 2. The quantitative estimate of drug-likeness (QED) is 0.731. The first-order chi connectivity index (χ1) is 10.0. The zero-order valence-electron chi connectivity index (χ0n) is 12.1. The fraction of sp³-hybridized carbons (Fsp3) is 0.769. The highest BCUT2D eigenvalue weighted by molar-refractivity contribution is 5.83. The van der Waals surface area contributed by atoms with Crippen molar-refractivity contribution in [1.82, 2.24) is 15.1 Å². The van der Waals surface area contributed by atoms with Crippen LogP contribution >= 0.6 is 0 Å². The van der Waals surface area contributed by atoms with E-state index < -0.39 is 18.2 Å². The Kier molecular flexibility index (Phi) is 5.00. The van der Waals surface area contributed by atoms with E-state index in [4.69, 9.17) is 9.84 Å². The number of piperazine rings is 1. The zero-order chi connectivity index (χ0) is 15.4. The molecule has 0 spiro atoms. The second-order valence-corrected chi connectivity index (χ2v) is 5.18. The molecular weight excluding hydrogens is 278 g/mol. The summed E-state index contributed by atoms with van der Waals surface area (Å²) in [7, 11) is 0. The van der Waals surface area contributed by atoms with Crippen LogP contribution in [0.3, 0.4) is 0 Å². The predicted octanol–water partition coefficient (Wildman–Crippen LogP) is -0.508. The number of nitrogens with one attached hydrogen (secondary N) is 1. The first-order valence-corrected chi connectivity index (χ1v) is 7.22. The molecule has 0 aromatic heterocycles. The van der Waals surface area contributed by atoms with Crippen LogP contribution in [0.15, 0.2) is 0 Å². The van der Waals surface area contributed by atoms with Crippen molar-refractivity contribution in [3.05, 3.63) is 0 Å². The van der Waals surface area contributed by atoms with Crippen molar-refractivity contribution >= 4 is 17.9 Å². The monoisotopic (exact) mass is 299 g/mol. The number of hydrogen-bond acceptors (Lipinski definition) is 4. The van der Waals surface area contributed by atoms with Crippen LogP contribution < -0.4 is 5.32 Å². The lowest BCUT2D eigenvalue weighted by Gasteiger charge is -2.35. The summed E-state index contributed by atoms with van der Waals surface area (Å²) in [6.07, 6.45) is -0.741. The molecule has 0 saturated carbocycles. The van der Waals surface area contributed by atoms with Crippen molar-refractivity contribution in [2.24, 2.45) is 0 Å². The third-order valence-electron chi connectivity index (χ3n) is 3.78. The van der Waals surface area contributed by atoms with Crippen LogP contribution in [0.25, 0.3) is 0 Å². The number of amides is 3. The summed E-state index contributed by atoms with van der Waals surface area (Å²) < 4.78 is 5.27. The van der Waals surface area contributed by atoms with Gasteiger partial charge >= 0.3 is 12.0 Å². The molecule has 21 heavy (non-hydrogen) atoms. The van der Waals surface area contributed by atoms with E-state index in [0.717, 1.165) is 0 Å². The van der Waals surface area contributed by atoms with Gasteiger partial charge < -0.3 is 25.0 Å². The fourth-order valence-corrected chi connectivity index (χ4v) is 2.60. The van der Waals surface area contributed by atoms with Gasteiger partial charge in [-0.25, -0.2) is 9.59 Å². The second kappa shape index (κ2) is 6.75. The Balaban J connectivity index is 1.81. The van der Waals surface area contributed by atoms with Crippen LogP contribution in [0.4, 0.5) is 4.79 Å². The van der Waals surface area contributed by atoms with E-state index in [1.165, 1.54) is 0 Å². The van der Waals surface area contributed by atoms with E-state index in [0.29, 0.717) is 45.6 Å². The molecule has 3 amide bonds. The SMILES string of the molecule is CCNC(=O)N1CCN(C(=O)[C@@H]2CC[C@H](C(=O)O)O2)CC1. The van der Waals surface area contributed by atoms with Crippen molar-refractivity contribution in [1.29, 1.82) is 0 Å². The second-order valence-electron chi connectivity index (χ2n) is 5.18. The van der Waals surface area contributed by atoms with Gasteiger partial charge in [-0.15, -0.1) is 0 Å². The van der Waals surface area contributed by atoms with Crippen LogP contribution in [-0.2, 0) is 14.3 Å². The third kappa shape index (κ3) is 3.63. The molecule has 2 aliphatic rings. The molecule has 0 aliphatic carbocycles. The molecule has 0 unspecified atom stereocenters. The van der Waals surface area contributed by atoms with Gasteiger partial charge in [-0.05, 0) is 19.8 Å². The average Bonchev–Trinajstić information content (AvgIpc) is 2.97. The molecule has 2 saturated heterocycles. The summed E-state index contributed by atoms with van der Waals surface area (Å²) in [6.45, 7) is 4.29. The maximum Gasteiger partial charge on any atom is 0.332 e. The van der Waals surface area contributed by atoms with Crippen LogP contribution in [-0.4, -0.2) is 77.7 Å². The average molecular weight is 299 g/mol. The Bertz CT molecular complexity index is 420. The van der Waals surface area contributed by atoms with E-state index >= 15 is 0 Å². The number of ether oxygens (including phenoxy) is 1. The van der Waals surface area contributed by atoms with E-state index in [2.05, 4.69) is 5.32 Å². The van der Waals surface area contributed by atoms with Crippen molar-refractivity contribution in [2.75, 3.05) is 32.7 Å². The molecule has 0 bridgehead atoms. The minimum atomic E-state index is -1.02. The van der Waals surface area contributed by atoms with Gasteiger partial charge in [0.2, 0.25) is 0 Å². The molecule has 2 fully saturated rings. The maximum absolute atomic E-state index is 12.3. The Morgan fingerprint density at radius 3 is 2.19 bits per heavy atom. The summed E-state index contributed by atoms with van der Waals surface area (Å²) in [4.78, 5) is 38.1. The smallest absolute Gasteiger partial charge is 0.332 e. The number of carboxylic acids is 1. The topological polar surface area (TPSA) is 99.2 Å². The molecule has 2 N–H and O–H groups in total. The maximum atomic E-state index is 12.3. The van der Waals surface area contributed by atoms with Gasteiger partial charge in [0.05, 0.1) is 0 Å². The van der Waals surface area contributed by atoms with E-state index in [-0.39, 0.29) is 11.9 Å². The largest absolute Gasteiger partial charge is 0.479 e. The zero-order valence-corrected chi connectivity index (χ0v) is 12.1. The minimum Gasteiger partial charge on any atom is -0.479 e. The standard InChI is InChI=1S/C13H21N3O5/c1-2-14-13(20)16-7-5-15(6-8-16)11(17)9-3-4-10(21-9)12(18)19/h9-10H,2-8H2,1H3,(H,14,20)(H,18,19)/t9-,10+/m0/s1. The van der Waals surface area contributed by atoms with Crippen molar-refractivity contribution in [3.63, 3.8) is 0 Å². The molecule has 0 aromatic carbocycles. The lowest BCUT2D eigenvalue weighted by atomic mass is 10.1.